The summed E-state index contributed by atoms with van der Waals surface area (Å²) < 4.78 is 12.1. The molecule has 2 bridgehead atoms. The number of fused-ring (bicyclic) bond motifs is 3. The summed E-state index contributed by atoms with van der Waals surface area (Å²) in [6.45, 7) is 7.82. The van der Waals surface area contributed by atoms with Crippen molar-refractivity contribution in [1.82, 2.24) is 0 Å². The van der Waals surface area contributed by atoms with Crippen molar-refractivity contribution in [3.8, 4) is 0 Å². The van der Waals surface area contributed by atoms with Crippen LogP contribution in [0.25, 0.3) is 0 Å². The smallest absolute Gasteiger partial charge is 0.172 e. The van der Waals surface area contributed by atoms with Crippen molar-refractivity contribution in [2.75, 3.05) is 12.5 Å². The molecule has 0 amide bonds. The van der Waals surface area contributed by atoms with Gasteiger partial charge in [-0.3, -0.25) is 0 Å². The Morgan fingerprint density at radius 2 is 2.12 bits per heavy atom. The van der Waals surface area contributed by atoms with Crippen molar-refractivity contribution in [1.29, 1.82) is 0 Å². The van der Waals surface area contributed by atoms with E-state index in [0.717, 1.165) is 12.3 Å². The molecule has 0 unspecified atom stereocenters. The van der Waals surface area contributed by atoms with Gasteiger partial charge in [0.25, 0.3) is 0 Å². The van der Waals surface area contributed by atoms with Gasteiger partial charge in [0.1, 0.15) is 0 Å². The van der Waals surface area contributed by atoms with Gasteiger partial charge >= 0.3 is 0 Å². The van der Waals surface area contributed by atoms with E-state index in [1.165, 1.54) is 6.42 Å². The van der Waals surface area contributed by atoms with Crippen molar-refractivity contribution in [3.63, 3.8) is 0 Å². The van der Waals surface area contributed by atoms with Crippen molar-refractivity contribution in [3.05, 3.63) is 0 Å². The van der Waals surface area contributed by atoms with Crippen LogP contribution in [0.2, 0.25) is 0 Å². The molecule has 2 saturated carbocycles. The third-order valence-electron chi connectivity index (χ3n) is 5.52. The first-order valence-electron chi connectivity index (χ1n) is 6.37. The lowest BCUT2D eigenvalue weighted by atomic mass is 9.67. The molecule has 3 aliphatic rings. The van der Waals surface area contributed by atoms with Crippen LogP contribution < -0.4 is 0 Å². The molecule has 1 aliphatic heterocycles. The highest BCUT2D eigenvalue weighted by molar-refractivity contribution is 6.18. The first-order chi connectivity index (χ1) is 7.49. The normalized spacial score (nSPS) is 54.0. The summed E-state index contributed by atoms with van der Waals surface area (Å²) in [4.78, 5) is 0. The van der Waals surface area contributed by atoms with Crippen LogP contribution in [0.4, 0.5) is 0 Å². The fourth-order valence-electron chi connectivity index (χ4n) is 4.07. The van der Waals surface area contributed by atoms with Gasteiger partial charge in [0.15, 0.2) is 5.79 Å². The van der Waals surface area contributed by atoms with E-state index >= 15 is 0 Å². The second-order valence-corrected chi connectivity index (χ2v) is 6.68. The van der Waals surface area contributed by atoms with E-state index in [-0.39, 0.29) is 11.9 Å². The number of alkyl halides is 1. The van der Waals surface area contributed by atoms with Gasteiger partial charge in [0.2, 0.25) is 0 Å². The second-order valence-electron chi connectivity index (χ2n) is 6.37. The molecule has 1 saturated heterocycles. The molecule has 16 heavy (non-hydrogen) atoms. The van der Waals surface area contributed by atoms with Crippen molar-refractivity contribution >= 4 is 11.6 Å². The molecule has 0 aromatic carbocycles. The Labute approximate surface area is 103 Å². The van der Waals surface area contributed by atoms with Gasteiger partial charge in [-0.2, -0.15) is 0 Å². The van der Waals surface area contributed by atoms with E-state index in [9.17, 15) is 0 Å². The van der Waals surface area contributed by atoms with Crippen LogP contribution in [0.1, 0.15) is 33.6 Å². The molecular weight excluding hydrogens is 224 g/mol. The van der Waals surface area contributed by atoms with E-state index < -0.39 is 0 Å². The Morgan fingerprint density at radius 1 is 1.38 bits per heavy atom. The molecule has 2 nitrogen and oxygen atoms in total. The molecular formula is C13H21ClO2. The lowest BCUT2D eigenvalue weighted by Gasteiger charge is -2.44. The fourth-order valence-corrected chi connectivity index (χ4v) is 4.22. The Hall–Kier alpha value is 0.210. The summed E-state index contributed by atoms with van der Waals surface area (Å²) in [6, 6.07) is 0. The maximum absolute atomic E-state index is 6.10. The van der Waals surface area contributed by atoms with E-state index in [4.69, 9.17) is 21.1 Å². The lowest BCUT2D eigenvalue weighted by molar-refractivity contribution is -0.221. The molecule has 3 fully saturated rings. The van der Waals surface area contributed by atoms with Crippen LogP contribution in [0.5, 0.6) is 0 Å². The van der Waals surface area contributed by atoms with Crippen LogP contribution in [0.3, 0.4) is 0 Å². The number of ether oxygens (including phenoxy) is 2. The van der Waals surface area contributed by atoms with E-state index in [1.807, 2.05) is 0 Å². The maximum atomic E-state index is 6.10. The Kier molecular flexibility index (Phi) is 2.38. The number of hydrogen-bond acceptors (Lipinski definition) is 2. The van der Waals surface area contributed by atoms with Crippen molar-refractivity contribution in [2.24, 2.45) is 23.2 Å². The Bertz CT molecular complexity index is 300. The summed E-state index contributed by atoms with van der Waals surface area (Å²) in [5.41, 5.74) is 0.446. The number of hydrogen-bond donors (Lipinski definition) is 0. The standard InChI is InChI=1S/C13H21ClO2/c1-8-11-4-9(12(8,2)3)5-13(11)15-7-10(6-14)16-13/h8-11H,4-7H2,1-3H3/t8-,9+,10-,11+,13-/m0/s1. The van der Waals surface area contributed by atoms with Crippen molar-refractivity contribution < 1.29 is 9.47 Å². The third kappa shape index (κ3) is 1.27. The van der Waals surface area contributed by atoms with Gasteiger partial charge in [0, 0.05) is 12.3 Å². The van der Waals surface area contributed by atoms with Gasteiger partial charge in [0.05, 0.1) is 18.6 Å². The minimum absolute atomic E-state index is 0.108. The second kappa shape index (κ2) is 3.37. The molecule has 3 heteroatoms. The highest BCUT2D eigenvalue weighted by atomic mass is 35.5. The molecule has 1 heterocycles. The van der Waals surface area contributed by atoms with Crippen molar-refractivity contribution in [2.45, 2.75) is 45.5 Å². The van der Waals surface area contributed by atoms with Crippen LogP contribution in [-0.2, 0) is 9.47 Å². The molecule has 0 N–H and O–H groups in total. The van der Waals surface area contributed by atoms with Gasteiger partial charge < -0.3 is 9.47 Å². The fraction of sp³-hybridized carbons (Fsp3) is 1.00. The summed E-state index contributed by atoms with van der Waals surface area (Å²) >= 11 is 5.86. The van der Waals surface area contributed by atoms with Gasteiger partial charge in [-0.25, -0.2) is 0 Å². The predicted octanol–water partition coefficient (Wildman–Crippen LogP) is 3.04. The zero-order valence-electron chi connectivity index (χ0n) is 10.3. The summed E-state index contributed by atoms with van der Waals surface area (Å²) in [7, 11) is 0. The molecule has 5 atom stereocenters. The summed E-state index contributed by atoms with van der Waals surface area (Å²) in [5.74, 6) is 2.28. The topological polar surface area (TPSA) is 18.5 Å². The van der Waals surface area contributed by atoms with Crippen LogP contribution >= 0.6 is 11.6 Å². The average Bonchev–Trinajstić information content (AvgIpc) is 2.87. The lowest BCUT2D eigenvalue weighted by Crippen LogP contribution is -2.46. The number of rotatable bonds is 1. The first kappa shape index (κ1) is 11.3. The van der Waals surface area contributed by atoms with Gasteiger partial charge in [-0.15, -0.1) is 11.6 Å². The minimum Gasteiger partial charge on any atom is -0.347 e. The molecule has 92 valence electrons. The largest absolute Gasteiger partial charge is 0.347 e. The Morgan fingerprint density at radius 3 is 2.62 bits per heavy atom. The quantitative estimate of drug-likeness (QED) is 0.660. The van der Waals surface area contributed by atoms with E-state index in [0.29, 0.717) is 29.7 Å². The zero-order valence-corrected chi connectivity index (χ0v) is 11.1. The maximum Gasteiger partial charge on any atom is 0.172 e. The van der Waals surface area contributed by atoms with Gasteiger partial charge in [-0.1, -0.05) is 20.8 Å². The molecule has 3 rings (SSSR count). The van der Waals surface area contributed by atoms with Gasteiger partial charge in [-0.05, 0) is 23.7 Å². The predicted molar refractivity (Wildman–Crippen MR) is 63.4 cm³/mol. The highest BCUT2D eigenvalue weighted by Crippen LogP contribution is 2.65. The SMILES string of the molecule is C[C@H]1[C@H]2C[C@H](C[C@@]23OC[C@H](CCl)O3)C1(C)C. The highest BCUT2D eigenvalue weighted by Gasteiger charge is 2.65. The van der Waals surface area contributed by atoms with E-state index in [2.05, 4.69) is 20.8 Å². The summed E-state index contributed by atoms with van der Waals surface area (Å²) in [6.07, 6.45) is 2.45. The van der Waals surface area contributed by atoms with Crippen LogP contribution in [0.15, 0.2) is 0 Å². The first-order valence-corrected chi connectivity index (χ1v) is 6.91. The number of halogens is 1. The third-order valence-corrected chi connectivity index (χ3v) is 5.86. The molecule has 0 aromatic rings. The average molecular weight is 245 g/mol. The van der Waals surface area contributed by atoms with Crippen LogP contribution in [0, 0.1) is 23.2 Å². The molecule has 1 spiro atoms. The Balaban J connectivity index is 1.83. The monoisotopic (exact) mass is 244 g/mol. The molecule has 0 radical (unpaired) electrons. The zero-order chi connectivity index (χ0) is 11.6. The molecule has 2 aliphatic carbocycles. The molecule has 0 aromatic heterocycles. The summed E-state index contributed by atoms with van der Waals surface area (Å²) in [5, 5.41) is 0. The van der Waals surface area contributed by atoms with E-state index in [1.54, 1.807) is 0 Å². The van der Waals surface area contributed by atoms with Crippen LogP contribution in [-0.4, -0.2) is 24.4 Å². The minimum atomic E-state index is -0.279.